The highest BCUT2D eigenvalue weighted by Gasteiger charge is 2.50. The molecule has 24 heavy (non-hydrogen) atoms. The first-order valence-corrected chi connectivity index (χ1v) is 8.39. The highest BCUT2D eigenvalue weighted by atomic mass is 127. The summed E-state index contributed by atoms with van der Waals surface area (Å²) in [4.78, 5) is 28.9. The van der Waals surface area contributed by atoms with E-state index in [4.69, 9.17) is 4.74 Å². The molecule has 1 aromatic heterocycles. The fraction of sp³-hybridized carbons (Fsp3) is 0.294. The van der Waals surface area contributed by atoms with Crippen molar-refractivity contribution < 1.29 is 19.4 Å². The van der Waals surface area contributed by atoms with Gasteiger partial charge >= 0.3 is 11.9 Å². The smallest absolute Gasteiger partial charge is 0.328 e. The van der Waals surface area contributed by atoms with Gasteiger partial charge in [-0.25, -0.2) is 0 Å². The molecule has 2 rings (SSSR count). The number of esters is 1. The SMILES string of the molecule is CCOC(=O)C(CC)(C(=O)O)c1c(C#N)cnc2ccc(I)cc12. The Balaban J connectivity index is 2.97. The van der Waals surface area contributed by atoms with Gasteiger partial charge in [0, 0.05) is 20.7 Å². The lowest BCUT2D eigenvalue weighted by molar-refractivity contribution is -0.161. The summed E-state index contributed by atoms with van der Waals surface area (Å²) in [5, 5.41) is 19.8. The van der Waals surface area contributed by atoms with Crippen molar-refractivity contribution in [3.63, 3.8) is 0 Å². The van der Waals surface area contributed by atoms with E-state index in [2.05, 4.69) is 27.6 Å². The minimum absolute atomic E-state index is 0.0412. The van der Waals surface area contributed by atoms with Crippen LogP contribution >= 0.6 is 22.6 Å². The predicted octanol–water partition coefficient (Wildman–Crippen LogP) is 3.01. The number of carboxylic acid groups (broad SMARTS) is 1. The zero-order valence-corrected chi connectivity index (χ0v) is 15.3. The third-order valence-electron chi connectivity index (χ3n) is 3.90. The van der Waals surface area contributed by atoms with Crippen molar-refractivity contribution in [1.29, 1.82) is 5.26 Å². The van der Waals surface area contributed by atoms with Crippen molar-refractivity contribution >= 4 is 45.4 Å². The number of hydrogen-bond acceptors (Lipinski definition) is 5. The largest absolute Gasteiger partial charge is 0.480 e. The Labute approximate surface area is 152 Å². The lowest BCUT2D eigenvalue weighted by atomic mass is 9.74. The molecule has 0 amide bonds. The van der Waals surface area contributed by atoms with Crippen LogP contribution in [-0.4, -0.2) is 28.6 Å². The van der Waals surface area contributed by atoms with Crippen molar-refractivity contribution in [2.75, 3.05) is 6.61 Å². The number of pyridine rings is 1. The lowest BCUT2D eigenvalue weighted by Gasteiger charge is -2.28. The van der Waals surface area contributed by atoms with Crippen LogP contribution in [0.25, 0.3) is 10.9 Å². The monoisotopic (exact) mass is 438 g/mol. The summed E-state index contributed by atoms with van der Waals surface area (Å²) >= 11 is 2.09. The minimum atomic E-state index is -1.95. The molecular formula is C17H15IN2O4. The van der Waals surface area contributed by atoms with Gasteiger partial charge in [0.15, 0.2) is 5.41 Å². The summed E-state index contributed by atoms with van der Waals surface area (Å²) in [5.41, 5.74) is -1.23. The second-order valence-corrected chi connectivity index (χ2v) is 6.35. The average molecular weight is 438 g/mol. The van der Waals surface area contributed by atoms with E-state index in [1.807, 2.05) is 12.1 Å². The number of carboxylic acids is 1. The number of ether oxygens (including phenoxy) is 1. The summed E-state index contributed by atoms with van der Waals surface area (Å²) in [6, 6.07) is 7.25. The van der Waals surface area contributed by atoms with Crippen molar-refractivity contribution in [3.8, 4) is 6.07 Å². The molecular weight excluding hydrogens is 423 g/mol. The Hall–Kier alpha value is -2.21. The molecule has 0 spiro atoms. The van der Waals surface area contributed by atoms with E-state index in [0.29, 0.717) is 10.9 Å². The van der Waals surface area contributed by atoms with Gasteiger partial charge in [0.2, 0.25) is 0 Å². The summed E-state index contributed by atoms with van der Waals surface area (Å²) in [7, 11) is 0. The topological polar surface area (TPSA) is 100 Å². The molecule has 0 aliphatic rings. The third-order valence-corrected chi connectivity index (χ3v) is 4.57. The molecule has 7 heteroatoms. The van der Waals surface area contributed by atoms with E-state index >= 15 is 0 Å². The molecule has 0 fully saturated rings. The number of halogens is 1. The maximum atomic E-state index is 12.6. The van der Waals surface area contributed by atoms with Gasteiger partial charge in [-0.2, -0.15) is 5.26 Å². The second kappa shape index (κ2) is 7.13. The van der Waals surface area contributed by atoms with E-state index in [0.717, 1.165) is 3.57 Å². The molecule has 6 nitrogen and oxygen atoms in total. The molecule has 124 valence electrons. The van der Waals surface area contributed by atoms with Gasteiger partial charge in [-0.05, 0) is 54.1 Å². The highest BCUT2D eigenvalue weighted by Crippen LogP contribution is 2.37. The first-order chi connectivity index (χ1) is 11.4. The number of carbonyl (C=O) groups is 2. The lowest BCUT2D eigenvalue weighted by Crippen LogP contribution is -2.45. The van der Waals surface area contributed by atoms with Crippen molar-refractivity contribution in [2.24, 2.45) is 0 Å². The number of carbonyl (C=O) groups excluding carboxylic acids is 1. The molecule has 1 unspecified atom stereocenters. The molecule has 1 heterocycles. The van der Waals surface area contributed by atoms with Crippen LogP contribution in [0.1, 0.15) is 31.4 Å². The predicted molar refractivity (Wildman–Crippen MR) is 95.4 cm³/mol. The Bertz CT molecular complexity index is 860. The Kier molecular flexibility index (Phi) is 5.39. The van der Waals surface area contributed by atoms with Crippen LogP contribution in [0.3, 0.4) is 0 Å². The van der Waals surface area contributed by atoms with Crippen molar-refractivity contribution in [2.45, 2.75) is 25.7 Å². The van der Waals surface area contributed by atoms with Crippen LogP contribution in [0.5, 0.6) is 0 Å². The molecule has 0 saturated heterocycles. The zero-order valence-electron chi connectivity index (χ0n) is 13.2. The van der Waals surface area contributed by atoms with Gasteiger partial charge in [-0.15, -0.1) is 0 Å². The number of benzene rings is 1. The van der Waals surface area contributed by atoms with E-state index in [9.17, 15) is 20.0 Å². The highest BCUT2D eigenvalue weighted by molar-refractivity contribution is 14.1. The van der Waals surface area contributed by atoms with E-state index in [1.54, 1.807) is 26.0 Å². The fourth-order valence-corrected chi connectivity index (χ4v) is 3.22. The standard InChI is InChI=1S/C17H15IN2O4/c1-3-17(15(21)22,16(23)24-4-2)14-10(8-19)9-20-13-6-5-11(18)7-12(13)14/h5-7,9H,3-4H2,1-2H3,(H,21,22). The van der Waals surface area contributed by atoms with E-state index in [1.165, 1.54) is 6.20 Å². The Morgan fingerprint density at radius 1 is 1.42 bits per heavy atom. The summed E-state index contributed by atoms with van der Waals surface area (Å²) < 4.78 is 5.89. The molecule has 1 atom stereocenters. The average Bonchev–Trinajstić information content (AvgIpc) is 2.56. The minimum Gasteiger partial charge on any atom is -0.480 e. The number of hydrogen-bond donors (Lipinski definition) is 1. The Morgan fingerprint density at radius 3 is 2.67 bits per heavy atom. The molecule has 2 aromatic rings. The van der Waals surface area contributed by atoms with E-state index in [-0.39, 0.29) is 24.2 Å². The zero-order chi connectivity index (χ0) is 17.9. The Morgan fingerprint density at radius 2 is 2.12 bits per heavy atom. The fourth-order valence-electron chi connectivity index (χ4n) is 2.73. The number of rotatable bonds is 5. The molecule has 1 N–H and O–H groups in total. The van der Waals surface area contributed by atoms with Gasteiger partial charge < -0.3 is 9.84 Å². The van der Waals surface area contributed by atoms with Gasteiger partial charge in [-0.3, -0.25) is 14.6 Å². The molecule has 0 aliphatic heterocycles. The molecule has 0 saturated carbocycles. The maximum absolute atomic E-state index is 12.6. The first-order valence-electron chi connectivity index (χ1n) is 7.31. The number of aliphatic carboxylic acids is 1. The molecule has 0 bridgehead atoms. The molecule has 0 radical (unpaired) electrons. The van der Waals surface area contributed by atoms with Gasteiger partial charge in [0.05, 0.1) is 17.7 Å². The first kappa shape index (κ1) is 18.1. The van der Waals surface area contributed by atoms with E-state index < -0.39 is 17.4 Å². The number of fused-ring (bicyclic) bond motifs is 1. The summed E-state index contributed by atoms with van der Waals surface area (Å²) in [6.45, 7) is 3.25. The van der Waals surface area contributed by atoms with Crippen molar-refractivity contribution in [1.82, 2.24) is 4.98 Å². The maximum Gasteiger partial charge on any atom is 0.328 e. The number of aromatic nitrogens is 1. The van der Waals surface area contributed by atoms with Crippen LogP contribution < -0.4 is 0 Å². The van der Waals surface area contributed by atoms with Gasteiger partial charge in [-0.1, -0.05) is 6.92 Å². The molecule has 0 aliphatic carbocycles. The third kappa shape index (κ3) is 2.82. The van der Waals surface area contributed by atoms with Crippen LogP contribution in [0, 0.1) is 14.9 Å². The van der Waals surface area contributed by atoms with Crippen LogP contribution in [0.2, 0.25) is 0 Å². The quantitative estimate of drug-likeness (QED) is 0.438. The van der Waals surface area contributed by atoms with Gasteiger partial charge in [0.1, 0.15) is 6.07 Å². The van der Waals surface area contributed by atoms with Crippen LogP contribution in [-0.2, 0) is 19.7 Å². The van der Waals surface area contributed by atoms with Gasteiger partial charge in [0.25, 0.3) is 0 Å². The number of nitriles is 1. The molecule has 1 aromatic carbocycles. The normalized spacial score (nSPS) is 13.1. The number of nitrogens with zero attached hydrogens (tertiary/aromatic N) is 2. The van der Waals surface area contributed by atoms with Crippen molar-refractivity contribution in [3.05, 3.63) is 39.1 Å². The second-order valence-electron chi connectivity index (χ2n) is 5.10. The summed E-state index contributed by atoms with van der Waals surface area (Å²) in [5.74, 6) is -2.21. The van der Waals surface area contributed by atoms with Crippen LogP contribution in [0.4, 0.5) is 0 Å². The van der Waals surface area contributed by atoms with Crippen LogP contribution in [0.15, 0.2) is 24.4 Å². The summed E-state index contributed by atoms with van der Waals surface area (Å²) in [6.07, 6.45) is 1.26.